The lowest BCUT2D eigenvalue weighted by Gasteiger charge is -2.19. The first-order valence-corrected chi connectivity index (χ1v) is 6.70. The van der Waals surface area contributed by atoms with E-state index in [0.29, 0.717) is 6.61 Å². The van der Waals surface area contributed by atoms with Crippen LogP contribution < -0.4 is 10.1 Å². The Morgan fingerprint density at radius 2 is 1.95 bits per heavy atom. The Balaban J connectivity index is 2.26. The minimum Gasteiger partial charge on any atom is -0.494 e. The lowest BCUT2D eigenvalue weighted by Crippen LogP contribution is -2.24. The number of nitrogens with zero attached hydrogens (tertiary/aromatic N) is 2. The van der Waals surface area contributed by atoms with Crippen molar-refractivity contribution in [2.24, 2.45) is 7.05 Å². The van der Waals surface area contributed by atoms with E-state index in [9.17, 15) is 0 Å². The Kier molecular flexibility index (Phi) is 4.58. The van der Waals surface area contributed by atoms with Crippen molar-refractivity contribution in [2.75, 3.05) is 13.2 Å². The summed E-state index contributed by atoms with van der Waals surface area (Å²) >= 11 is 0. The van der Waals surface area contributed by atoms with Crippen molar-refractivity contribution in [3.8, 4) is 5.75 Å². The molecule has 4 nitrogen and oxygen atoms in total. The standard InChI is InChI=1S/C15H21N3O/c1-4-16-15(14-10-11-17-18(14)3)12-6-8-13(9-7-12)19-5-2/h6-11,15-16H,4-5H2,1-3H3. The van der Waals surface area contributed by atoms with Crippen LogP contribution in [0.2, 0.25) is 0 Å². The van der Waals surface area contributed by atoms with Crippen molar-refractivity contribution >= 4 is 0 Å². The van der Waals surface area contributed by atoms with Gasteiger partial charge in [-0.3, -0.25) is 4.68 Å². The van der Waals surface area contributed by atoms with Gasteiger partial charge in [-0.2, -0.15) is 5.10 Å². The summed E-state index contributed by atoms with van der Waals surface area (Å²) in [6.45, 7) is 5.70. The molecule has 2 aromatic rings. The van der Waals surface area contributed by atoms with Crippen LogP contribution in [0.1, 0.15) is 31.1 Å². The maximum Gasteiger partial charge on any atom is 0.119 e. The molecule has 102 valence electrons. The van der Waals surface area contributed by atoms with Crippen LogP contribution in [0.3, 0.4) is 0 Å². The summed E-state index contributed by atoms with van der Waals surface area (Å²) in [6, 6.07) is 10.4. The molecule has 0 aliphatic carbocycles. The van der Waals surface area contributed by atoms with E-state index in [1.54, 1.807) is 0 Å². The van der Waals surface area contributed by atoms with Crippen molar-refractivity contribution in [2.45, 2.75) is 19.9 Å². The minimum absolute atomic E-state index is 0.160. The number of ether oxygens (including phenoxy) is 1. The molecule has 2 rings (SSSR count). The number of aryl methyl sites for hydroxylation is 1. The maximum absolute atomic E-state index is 5.48. The molecule has 1 atom stereocenters. The number of aromatic nitrogens is 2. The molecule has 4 heteroatoms. The van der Waals surface area contributed by atoms with E-state index < -0.39 is 0 Å². The van der Waals surface area contributed by atoms with Gasteiger partial charge in [0.1, 0.15) is 5.75 Å². The molecule has 0 aliphatic heterocycles. The molecule has 1 unspecified atom stereocenters. The predicted octanol–water partition coefficient (Wildman–Crippen LogP) is 2.52. The highest BCUT2D eigenvalue weighted by molar-refractivity contribution is 5.33. The Labute approximate surface area is 114 Å². The second kappa shape index (κ2) is 6.38. The third-order valence-electron chi connectivity index (χ3n) is 3.09. The van der Waals surface area contributed by atoms with E-state index in [4.69, 9.17) is 4.74 Å². The molecule has 0 aliphatic rings. The Hall–Kier alpha value is -1.81. The van der Waals surface area contributed by atoms with Crippen LogP contribution in [0.4, 0.5) is 0 Å². The second-order valence-corrected chi connectivity index (χ2v) is 4.37. The third-order valence-corrected chi connectivity index (χ3v) is 3.09. The smallest absolute Gasteiger partial charge is 0.119 e. The fourth-order valence-electron chi connectivity index (χ4n) is 2.19. The van der Waals surface area contributed by atoms with Gasteiger partial charge in [-0.1, -0.05) is 19.1 Å². The average molecular weight is 259 g/mol. The van der Waals surface area contributed by atoms with Crippen LogP contribution >= 0.6 is 0 Å². The fourth-order valence-corrected chi connectivity index (χ4v) is 2.19. The van der Waals surface area contributed by atoms with Crippen molar-refractivity contribution in [1.82, 2.24) is 15.1 Å². The Morgan fingerprint density at radius 3 is 2.47 bits per heavy atom. The number of rotatable bonds is 6. The summed E-state index contributed by atoms with van der Waals surface area (Å²) in [5.74, 6) is 0.909. The fraction of sp³-hybridized carbons (Fsp3) is 0.400. The zero-order valence-electron chi connectivity index (χ0n) is 11.8. The molecule has 0 bridgehead atoms. The SMILES string of the molecule is CCNC(c1ccc(OCC)cc1)c1ccnn1C. The molecule has 0 radical (unpaired) electrons. The average Bonchev–Trinajstić information content (AvgIpc) is 2.84. The van der Waals surface area contributed by atoms with Gasteiger partial charge >= 0.3 is 0 Å². The summed E-state index contributed by atoms with van der Waals surface area (Å²) in [7, 11) is 1.97. The highest BCUT2D eigenvalue weighted by Gasteiger charge is 2.16. The van der Waals surface area contributed by atoms with E-state index in [0.717, 1.165) is 18.0 Å². The molecular weight excluding hydrogens is 238 g/mol. The van der Waals surface area contributed by atoms with Crippen LogP contribution in [-0.4, -0.2) is 22.9 Å². The molecule has 1 heterocycles. The van der Waals surface area contributed by atoms with Crippen molar-refractivity contribution in [1.29, 1.82) is 0 Å². The highest BCUT2D eigenvalue weighted by Crippen LogP contribution is 2.23. The van der Waals surface area contributed by atoms with Gasteiger partial charge in [0, 0.05) is 13.2 Å². The van der Waals surface area contributed by atoms with Gasteiger partial charge in [0.2, 0.25) is 0 Å². The van der Waals surface area contributed by atoms with Crippen LogP contribution in [0.25, 0.3) is 0 Å². The first-order valence-electron chi connectivity index (χ1n) is 6.70. The summed E-state index contributed by atoms with van der Waals surface area (Å²) in [6.07, 6.45) is 1.83. The van der Waals surface area contributed by atoms with E-state index in [1.807, 2.05) is 43.0 Å². The van der Waals surface area contributed by atoms with Gasteiger partial charge in [0.15, 0.2) is 0 Å². The van der Waals surface area contributed by atoms with Gasteiger partial charge < -0.3 is 10.1 Å². The van der Waals surface area contributed by atoms with Gasteiger partial charge in [0.05, 0.1) is 18.3 Å². The van der Waals surface area contributed by atoms with Gasteiger partial charge in [-0.15, -0.1) is 0 Å². The van der Waals surface area contributed by atoms with E-state index >= 15 is 0 Å². The largest absolute Gasteiger partial charge is 0.494 e. The summed E-state index contributed by atoms with van der Waals surface area (Å²) in [4.78, 5) is 0. The quantitative estimate of drug-likeness (QED) is 0.866. The molecular formula is C15H21N3O. The van der Waals surface area contributed by atoms with E-state index in [2.05, 4.69) is 29.5 Å². The minimum atomic E-state index is 0.160. The number of nitrogens with one attached hydrogen (secondary N) is 1. The molecule has 1 aromatic heterocycles. The summed E-state index contributed by atoms with van der Waals surface area (Å²) in [5.41, 5.74) is 2.37. The Bertz CT molecular complexity index is 504. The Morgan fingerprint density at radius 1 is 1.21 bits per heavy atom. The monoisotopic (exact) mass is 259 g/mol. The normalized spacial score (nSPS) is 12.4. The maximum atomic E-state index is 5.48. The van der Waals surface area contributed by atoms with Crippen molar-refractivity contribution in [3.05, 3.63) is 47.8 Å². The topological polar surface area (TPSA) is 39.1 Å². The lowest BCUT2D eigenvalue weighted by molar-refractivity contribution is 0.340. The predicted molar refractivity (Wildman–Crippen MR) is 76.3 cm³/mol. The van der Waals surface area contributed by atoms with Crippen LogP contribution in [0, 0.1) is 0 Å². The first-order chi connectivity index (χ1) is 9.26. The summed E-state index contributed by atoms with van der Waals surface area (Å²) < 4.78 is 7.38. The molecule has 0 saturated carbocycles. The molecule has 0 amide bonds. The van der Waals surface area contributed by atoms with Gasteiger partial charge in [0.25, 0.3) is 0 Å². The van der Waals surface area contributed by atoms with Crippen LogP contribution in [0.5, 0.6) is 5.75 Å². The molecule has 0 spiro atoms. The number of benzene rings is 1. The summed E-state index contributed by atoms with van der Waals surface area (Å²) in [5, 5.41) is 7.74. The van der Waals surface area contributed by atoms with Crippen molar-refractivity contribution < 1.29 is 4.74 Å². The lowest BCUT2D eigenvalue weighted by atomic mass is 10.0. The second-order valence-electron chi connectivity index (χ2n) is 4.37. The van der Waals surface area contributed by atoms with Crippen LogP contribution in [-0.2, 0) is 7.05 Å². The third kappa shape index (κ3) is 3.15. The number of hydrogen-bond donors (Lipinski definition) is 1. The molecule has 0 fully saturated rings. The van der Waals surface area contributed by atoms with E-state index in [1.165, 1.54) is 5.56 Å². The highest BCUT2D eigenvalue weighted by atomic mass is 16.5. The molecule has 0 saturated heterocycles. The van der Waals surface area contributed by atoms with Crippen molar-refractivity contribution in [3.63, 3.8) is 0 Å². The van der Waals surface area contributed by atoms with Gasteiger partial charge in [-0.25, -0.2) is 0 Å². The van der Waals surface area contributed by atoms with Gasteiger partial charge in [-0.05, 0) is 37.2 Å². The number of hydrogen-bond acceptors (Lipinski definition) is 3. The van der Waals surface area contributed by atoms with E-state index in [-0.39, 0.29) is 6.04 Å². The molecule has 1 N–H and O–H groups in total. The molecule has 19 heavy (non-hydrogen) atoms. The van der Waals surface area contributed by atoms with Crippen LogP contribution in [0.15, 0.2) is 36.5 Å². The zero-order valence-corrected chi connectivity index (χ0v) is 11.8. The zero-order chi connectivity index (χ0) is 13.7. The molecule has 1 aromatic carbocycles. The first kappa shape index (κ1) is 13.6.